The van der Waals surface area contributed by atoms with Crippen LogP contribution in [-0.2, 0) is 4.79 Å². The van der Waals surface area contributed by atoms with Crippen molar-refractivity contribution in [1.82, 2.24) is 0 Å². The zero-order valence-electron chi connectivity index (χ0n) is 9.77. The van der Waals surface area contributed by atoms with Gasteiger partial charge in [0.2, 0.25) is 0 Å². The maximum atomic E-state index is 12.0. The Labute approximate surface area is 81.9 Å². The van der Waals surface area contributed by atoms with E-state index in [0.29, 0.717) is 0 Å². The van der Waals surface area contributed by atoms with E-state index in [9.17, 15) is 4.79 Å². The molecule has 0 radical (unpaired) electrons. The van der Waals surface area contributed by atoms with Gasteiger partial charge >= 0.3 is 0 Å². The Balaban J connectivity index is 4.75. The lowest BCUT2D eigenvalue weighted by Gasteiger charge is -2.38. The lowest BCUT2D eigenvalue weighted by atomic mass is 9.69. The van der Waals surface area contributed by atoms with Crippen LogP contribution in [0.25, 0.3) is 0 Å². The van der Waals surface area contributed by atoms with Gasteiger partial charge in [-0.25, -0.2) is 0 Å². The van der Waals surface area contributed by atoms with Crippen molar-refractivity contribution < 1.29 is 4.79 Å². The molecule has 0 fully saturated rings. The molecule has 2 N–H and O–H groups in total. The van der Waals surface area contributed by atoms with Gasteiger partial charge in [0, 0.05) is 16.9 Å². The third-order valence-corrected chi connectivity index (χ3v) is 3.29. The minimum absolute atomic E-state index is 0.109. The Morgan fingerprint density at radius 2 is 1.69 bits per heavy atom. The molecule has 2 nitrogen and oxygen atoms in total. The number of hydrogen-bond acceptors (Lipinski definition) is 2. The van der Waals surface area contributed by atoms with E-state index in [-0.39, 0.29) is 11.7 Å². The van der Waals surface area contributed by atoms with Crippen molar-refractivity contribution in [3.05, 3.63) is 0 Å². The molecule has 0 saturated heterocycles. The van der Waals surface area contributed by atoms with Crippen LogP contribution in [0.2, 0.25) is 0 Å². The van der Waals surface area contributed by atoms with E-state index in [1.54, 1.807) is 0 Å². The first-order valence-electron chi connectivity index (χ1n) is 4.97. The van der Waals surface area contributed by atoms with Gasteiger partial charge in [0.05, 0.1) is 0 Å². The summed E-state index contributed by atoms with van der Waals surface area (Å²) in [6, 6.07) is 0. The van der Waals surface area contributed by atoms with Crippen LogP contribution in [-0.4, -0.2) is 11.3 Å². The summed E-state index contributed by atoms with van der Waals surface area (Å²) in [5, 5.41) is 0. The number of carbonyl (C=O) groups excluding carboxylic acids is 1. The molecule has 0 saturated carbocycles. The van der Waals surface area contributed by atoms with E-state index in [1.165, 1.54) is 0 Å². The lowest BCUT2D eigenvalue weighted by Crippen LogP contribution is -2.53. The summed E-state index contributed by atoms with van der Waals surface area (Å²) in [5.41, 5.74) is 5.09. The van der Waals surface area contributed by atoms with Gasteiger partial charge in [-0.15, -0.1) is 0 Å². The second-order valence-electron chi connectivity index (χ2n) is 5.02. The summed E-state index contributed by atoms with van der Waals surface area (Å²) in [4.78, 5) is 12.0. The summed E-state index contributed by atoms with van der Waals surface area (Å²) in [6.45, 7) is 11.7. The molecule has 2 heteroatoms. The summed E-state index contributed by atoms with van der Waals surface area (Å²) in [5.74, 6) is 0.375. The number of Topliss-reactive ketones (excluding diaryl/α,β-unsaturated/α-hetero) is 1. The van der Waals surface area contributed by atoms with Crippen LogP contribution in [0.5, 0.6) is 0 Å². The molecule has 0 aromatic carbocycles. The first-order chi connectivity index (χ1) is 5.64. The van der Waals surface area contributed by atoms with Crippen molar-refractivity contribution in [3.8, 4) is 0 Å². The predicted octanol–water partition coefficient (Wildman–Crippen LogP) is 2.37. The molecule has 0 aliphatic rings. The molecule has 0 amide bonds. The number of rotatable bonds is 4. The van der Waals surface area contributed by atoms with Crippen LogP contribution >= 0.6 is 0 Å². The second-order valence-corrected chi connectivity index (χ2v) is 5.02. The fourth-order valence-electron chi connectivity index (χ4n) is 1.12. The SMILES string of the molecule is CCC(C)C(=O)C(C)(C)C(C)(C)N. The zero-order chi connectivity index (χ0) is 10.9. The molecule has 1 atom stereocenters. The van der Waals surface area contributed by atoms with E-state index in [0.717, 1.165) is 6.42 Å². The highest BCUT2D eigenvalue weighted by Gasteiger charge is 2.41. The minimum Gasteiger partial charge on any atom is -0.325 e. The third kappa shape index (κ3) is 2.53. The van der Waals surface area contributed by atoms with Gasteiger partial charge in [-0.05, 0) is 20.3 Å². The molecule has 0 bridgehead atoms. The predicted molar refractivity (Wildman–Crippen MR) is 56.5 cm³/mol. The van der Waals surface area contributed by atoms with Gasteiger partial charge in [0.25, 0.3) is 0 Å². The first kappa shape index (κ1) is 12.6. The molecular formula is C11H23NO. The molecule has 0 aromatic heterocycles. The molecule has 0 aromatic rings. The first-order valence-corrected chi connectivity index (χ1v) is 4.97. The zero-order valence-corrected chi connectivity index (χ0v) is 9.77. The Hall–Kier alpha value is -0.370. The highest BCUT2D eigenvalue weighted by Crippen LogP contribution is 2.32. The van der Waals surface area contributed by atoms with Crippen LogP contribution < -0.4 is 5.73 Å². The second kappa shape index (κ2) is 3.79. The molecule has 0 aliphatic heterocycles. The number of hydrogen-bond donors (Lipinski definition) is 1. The summed E-state index contributed by atoms with van der Waals surface area (Å²) in [7, 11) is 0. The lowest BCUT2D eigenvalue weighted by molar-refractivity contribution is -0.133. The van der Waals surface area contributed by atoms with Crippen molar-refractivity contribution in [2.75, 3.05) is 0 Å². The van der Waals surface area contributed by atoms with Crippen molar-refractivity contribution in [3.63, 3.8) is 0 Å². The highest BCUT2D eigenvalue weighted by molar-refractivity contribution is 5.87. The third-order valence-electron chi connectivity index (χ3n) is 3.29. The fourth-order valence-corrected chi connectivity index (χ4v) is 1.12. The summed E-state index contributed by atoms with van der Waals surface area (Å²) in [6.07, 6.45) is 0.887. The van der Waals surface area contributed by atoms with E-state index in [4.69, 9.17) is 5.73 Å². The molecule has 13 heavy (non-hydrogen) atoms. The van der Waals surface area contributed by atoms with Crippen molar-refractivity contribution in [2.24, 2.45) is 17.1 Å². The molecule has 0 aliphatic carbocycles. The number of ketones is 1. The largest absolute Gasteiger partial charge is 0.325 e. The molecular weight excluding hydrogens is 162 g/mol. The van der Waals surface area contributed by atoms with E-state index in [2.05, 4.69) is 0 Å². The standard InChI is InChI=1S/C11H23NO/c1-7-8(2)9(13)10(3,4)11(5,6)12/h8H,7,12H2,1-6H3. The minimum atomic E-state index is -0.451. The molecule has 78 valence electrons. The van der Waals surface area contributed by atoms with E-state index >= 15 is 0 Å². The van der Waals surface area contributed by atoms with Crippen LogP contribution in [0.1, 0.15) is 48.0 Å². The van der Waals surface area contributed by atoms with Crippen LogP contribution in [0, 0.1) is 11.3 Å². The van der Waals surface area contributed by atoms with E-state index in [1.807, 2.05) is 41.5 Å². The van der Waals surface area contributed by atoms with E-state index < -0.39 is 11.0 Å². The summed E-state index contributed by atoms with van der Waals surface area (Å²) >= 11 is 0. The average molecular weight is 185 g/mol. The smallest absolute Gasteiger partial charge is 0.143 e. The van der Waals surface area contributed by atoms with Crippen LogP contribution in [0.4, 0.5) is 0 Å². The molecule has 0 spiro atoms. The van der Waals surface area contributed by atoms with Gasteiger partial charge < -0.3 is 5.73 Å². The van der Waals surface area contributed by atoms with Crippen molar-refractivity contribution >= 4 is 5.78 Å². The van der Waals surface area contributed by atoms with Crippen LogP contribution in [0.15, 0.2) is 0 Å². The Bertz CT molecular complexity index is 189. The maximum Gasteiger partial charge on any atom is 0.143 e. The van der Waals surface area contributed by atoms with Gasteiger partial charge in [0.15, 0.2) is 0 Å². The maximum absolute atomic E-state index is 12.0. The summed E-state index contributed by atoms with van der Waals surface area (Å²) < 4.78 is 0. The Morgan fingerprint density at radius 1 is 1.31 bits per heavy atom. The molecule has 1 unspecified atom stereocenters. The Kier molecular flexibility index (Phi) is 3.68. The Morgan fingerprint density at radius 3 is 1.92 bits per heavy atom. The molecule has 0 rings (SSSR count). The van der Waals surface area contributed by atoms with Gasteiger partial charge in [0.1, 0.15) is 5.78 Å². The average Bonchev–Trinajstić information content (AvgIpc) is 1.99. The van der Waals surface area contributed by atoms with Gasteiger partial charge in [-0.1, -0.05) is 27.7 Å². The fraction of sp³-hybridized carbons (Fsp3) is 0.909. The van der Waals surface area contributed by atoms with Gasteiger partial charge in [-0.2, -0.15) is 0 Å². The normalized spacial score (nSPS) is 15.6. The topological polar surface area (TPSA) is 43.1 Å². The quantitative estimate of drug-likeness (QED) is 0.730. The highest BCUT2D eigenvalue weighted by atomic mass is 16.1. The van der Waals surface area contributed by atoms with Crippen molar-refractivity contribution in [2.45, 2.75) is 53.5 Å². The number of nitrogens with two attached hydrogens (primary N) is 1. The van der Waals surface area contributed by atoms with Crippen LogP contribution in [0.3, 0.4) is 0 Å². The van der Waals surface area contributed by atoms with Gasteiger partial charge in [-0.3, -0.25) is 4.79 Å². The monoisotopic (exact) mass is 185 g/mol. The number of carbonyl (C=O) groups is 1. The van der Waals surface area contributed by atoms with Crippen molar-refractivity contribution in [1.29, 1.82) is 0 Å². The molecule has 0 heterocycles.